The topological polar surface area (TPSA) is 32.8 Å². The molecule has 1 amide bonds. The summed E-state index contributed by atoms with van der Waals surface area (Å²) in [5.74, 6) is 0. The number of rotatable bonds is 6. The third-order valence-electron chi connectivity index (χ3n) is 2.90. The predicted octanol–water partition coefficient (Wildman–Crippen LogP) is 4.66. The third-order valence-corrected chi connectivity index (χ3v) is 5.90. The lowest BCUT2D eigenvalue weighted by molar-refractivity contribution is -0.115. The van der Waals surface area contributed by atoms with Crippen molar-refractivity contribution in [1.82, 2.24) is 9.80 Å². The summed E-state index contributed by atoms with van der Waals surface area (Å²) in [6.45, 7) is 3.79. The van der Waals surface area contributed by atoms with Crippen LogP contribution in [0.15, 0.2) is 20.3 Å². The van der Waals surface area contributed by atoms with Gasteiger partial charge in [-0.25, -0.2) is 0 Å². The van der Waals surface area contributed by atoms with Gasteiger partial charge in [0.05, 0.1) is 4.24 Å². The number of allylic oxidation sites excluding steroid dienone is 2. The number of ether oxygens (including phenoxy) is 1. The number of halogens is 6. The van der Waals surface area contributed by atoms with Crippen LogP contribution in [-0.2, 0) is 9.53 Å². The zero-order valence-electron chi connectivity index (χ0n) is 13.5. The molecule has 0 saturated carbocycles. The Hall–Kier alpha value is -1.08. The highest BCUT2D eigenvalue weighted by Crippen LogP contribution is 2.59. The molecule has 0 N–H and O–H groups in total. The Balaban J connectivity index is 2.79. The van der Waals surface area contributed by atoms with Gasteiger partial charge in [0.25, 0.3) is 0 Å². The maximum atomic E-state index is 12.8. The van der Waals surface area contributed by atoms with Gasteiger partial charge in [0.1, 0.15) is 16.1 Å². The summed E-state index contributed by atoms with van der Waals surface area (Å²) in [7, 11) is 0. The molecule has 0 radical (unpaired) electrons. The summed E-state index contributed by atoms with van der Waals surface area (Å²) in [5.41, 5.74) is 0. The largest absolute Gasteiger partial charge is 0.479 e. The highest BCUT2D eigenvalue weighted by Gasteiger charge is 2.50. The van der Waals surface area contributed by atoms with Crippen molar-refractivity contribution in [3.63, 3.8) is 0 Å². The maximum Gasteiger partial charge on any atom is 0.423 e. The van der Waals surface area contributed by atoms with Crippen molar-refractivity contribution in [1.29, 1.82) is 0 Å². The minimum absolute atomic E-state index is 0.0487. The van der Waals surface area contributed by atoms with E-state index in [1.165, 1.54) is 9.80 Å². The van der Waals surface area contributed by atoms with Crippen molar-refractivity contribution in [2.45, 2.75) is 26.2 Å². The first kappa shape index (κ1) is 23.0. The van der Waals surface area contributed by atoms with Crippen LogP contribution in [0.4, 0.5) is 26.3 Å². The fourth-order valence-electron chi connectivity index (χ4n) is 1.65. The number of hydrogen-bond donors (Lipinski definition) is 0. The molecule has 0 atom stereocenters. The molecule has 0 aliphatic carbocycles. The van der Waals surface area contributed by atoms with Crippen molar-refractivity contribution < 1.29 is 35.9 Å². The second kappa shape index (κ2) is 9.22. The molecule has 0 aromatic rings. The van der Waals surface area contributed by atoms with E-state index in [-0.39, 0.29) is 39.6 Å². The SMILES string of the molecule is CCN(C=O)C(=S)N(CC)COC=C1SC(C(F)(F)F)=C(C(F)(F)F)S1. The van der Waals surface area contributed by atoms with Crippen molar-refractivity contribution in [3.8, 4) is 0 Å². The van der Waals surface area contributed by atoms with Crippen molar-refractivity contribution >= 4 is 47.3 Å². The summed E-state index contributed by atoms with van der Waals surface area (Å²) in [5, 5.41) is 0.139. The van der Waals surface area contributed by atoms with E-state index < -0.39 is 22.2 Å². The first-order valence-electron chi connectivity index (χ1n) is 7.02. The number of hydrogen-bond acceptors (Lipinski definition) is 5. The van der Waals surface area contributed by atoms with E-state index in [9.17, 15) is 31.1 Å². The van der Waals surface area contributed by atoms with Gasteiger partial charge >= 0.3 is 12.4 Å². The van der Waals surface area contributed by atoms with Gasteiger partial charge < -0.3 is 9.64 Å². The minimum atomic E-state index is -5.11. The molecule has 0 saturated heterocycles. The Bertz CT molecular complexity index is 576. The summed E-state index contributed by atoms with van der Waals surface area (Å²) < 4.78 is 81.4. The molecule has 1 heterocycles. The van der Waals surface area contributed by atoms with E-state index in [4.69, 9.17) is 17.0 Å². The molecule has 148 valence electrons. The van der Waals surface area contributed by atoms with E-state index >= 15 is 0 Å². The van der Waals surface area contributed by atoms with E-state index in [0.29, 0.717) is 19.5 Å². The van der Waals surface area contributed by atoms with Gasteiger partial charge in [0.15, 0.2) is 11.8 Å². The number of thiocarbonyl (C=S) groups is 1. The fraction of sp³-hybridized carbons (Fsp3) is 0.538. The molecule has 0 aromatic carbocycles. The predicted molar refractivity (Wildman–Crippen MR) is 91.8 cm³/mol. The van der Waals surface area contributed by atoms with Crippen molar-refractivity contribution in [3.05, 3.63) is 20.3 Å². The lowest BCUT2D eigenvalue weighted by atomic mass is 10.4. The molecule has 0 spiro atoms. The molecule has 26 heavy (non-hydrogen) atoms. The average molecular weight is 440 g/mol. The Morgan fingerprint density at radius 2 is 1.58 bits per heavy atom. The highest BCUT2D eigenvalue weighted by atomic mass is 32.2. The number of nitrogens with zero attached hydrogens (tertiary/aromatic N) is 2. The van der Waals surface area contributed by atoms with E-state index in [1.54, 1.807) is 13.8 Å². The molecule has 0 bridgehead atoms. The number of alkyl halides is 6. The summed E-state index contributed by atoms with van der Waals surface area (Å²) >= 11 is 4.98. The van der Waals surface area contributed by atoms with Gasteiger partial charge in [-0.2, -0.15) is 26.3 Å². The Kier molecular flexibility index (Phi) is 8.14. The number of amides is 1. The summed E-state index contributed by atoms with van der Waals surface area (Å²) in [4.78, 5) is 10.1. The van der Waals surface area contributed by atoms with Gasteiger partial charge in [-0.1, -0.05) is 23.5 Å². The summed E-state index contributed by atoms with van der Waals surface area (Å²) in [6.07, 6.45) is -8.88. The standard InChI is InChI=1S/C13H14F6N2O2S3/c1-3-20(6-22)11(24)21(4-2)7-23-5-8-25-9(12(14,15)16)10(26-8)13(17,18)19/h5-6H,3-4,7H2,1-2H3. The second-order valence-electron chi connectivity index (χ2n) is 4.62. The Labute approximate surface area is 159 Å². The molecule has 1 rings (SSSR count). The van der Waals surface area contributed by atoms with Gasteiger partial charge in [-0.3, -0.25) is 9.69 Å². The van der Waals surface area contributed by atoms with Gasteiger partial charge in [0.2, 0.25) is 6.41 Å². The maximum absolute atomic E-state index is 12.8. The zero-order chi connectivity index (χ0) is 20.1. The van der Waals surface area contributed by atoms with Gasteiger partial charge in [0, 0.05) is 13.1 Å². The van der Waals surface area contributed by atoms with E-state index in [1.807, 2.05) is 0 Å². The van der Waals surface area contributed by atoms with Crippen LogP contribution in [0.5, 0.6) is 0 Å². The summed E-state index contributed by atoms with van der Waals surface area (Å²) in [6, 6.07) is 0. The quantitative estimate of drug-likeness (QED) is 0.196. The lowest BCUT2D eigenvalue weighted by Gasteiger charge is -2.27. The molecule has 1 aliphatic rings. The van der Waals surface area contributed by atoms with Crippen molar-refractivity contribution in [2.75, 3.05) is 19.8 Å². The smallest absolute Gasteiger partial charge is 0.423 e. The van der Waals surface area contributed by atoms with Crippen LogP contribution in [0.2, 0.25) is 0 Å². The molecule has 13 heteroatoms. The molecule has 4 nitrogen and oxygen atoms in total. The lowest BCUT2D eigenvalue weighted by Crippen LogP contribution is -2.42. The molecular formula is C13H14F6N2O2S3. The number of carbonyl (C=O) groups excluding carboxylic acids is 1. The van der Waals surface area contributed by atoms with Gasteiger partial charge in [-0.15, -0.1) is 0 Å². The second-order valence-corrected chi connectivity index (χ2v) is 7.35. The zero-order valence-corrected chi connectivity index (χ0v) is 15.9. The van der Waals surface area contributed by atoms with Crippen LogP contribution in [0.25, 0.3) is 0 Å². The third kappa shape index (κ3) is 5.98. The van der Waals surface area contributed by atoms with Gasteiger partial charge in [-0.05, 0) is 26.1 Å². The monoisotopic (exact) mass is 440 g/mol. The highest BCUT2D eigenvalue weighted by molar-refractivity contribution is 8.28. The molecule has 1 aliphatic heterocycles. The number of carbonyl (C=O) groups is 1. The minimum Gasteiger partial charge on any atom is -0.479 e. The Morgan fingerprint density at radius 1 is 1.08 bits per heavy atom. The van der Waals surface area contributed by atoms with Crippen LogP contribution in [-0.4, -0.2) is 53.5 Å². The molecule has 0 fully saturated rings. The van der Waals surface area contributed by atoms with E-state index in [2.05, 4.69) is 0 Å². The van der Waals surface area contributed by atoms with Crippen LogP contribution in [0, 0.1) is 0 Å². The molecule has 0 aromatic heterocycles. The molecule has 0 unspecified atom stereocenters. The number of thioether (sulfide) groups is 2. The first-order valence-corrected chi connectivity index (χ1v) is 9.06. The Morgan fingerprint density at radius 3 is 1.92 bits per heavy atom. The van der Waals surface area contributed by atoms with Crippen molar-refractivity contribution in [2.24, 2.45) is 0 Å². The van der Waals surface area contributed by atoms with Crippen LogP contribution >= 0.6 is 35.7 Å². The normalized spacial score (nSPS) is 15.2. The van der Waals surface area contributed by atoms with E-state index in [0.717, 1.165) is 6.26 Å². The van der Waals surface area contributed by atoms with Crippen LogP contribution in [0.1, 0.15) is 13.8 Å². The van der Waals surface area contributed by atoms with Crippen LogP contribution < -0.4 is 0 Å². The van der Waals surface area contributed by atoms with Crippen LogP contribution in [0.3, 0.4) is 0 Å². The fourth-order valence-corrected chi connectivity index (χ4v) is 4.20. The first-order chi connectivity index (χ1) is 12.0. The average Bonchev–Trinajstić information content (AvgIpc) is 2.97. The molecular weight excluding hydrogens is 426 g/mol.